The molecule has 2 heteroatoms. The van der Waals surface area contributed by atoms with Gasteiger partial charge in [0.25, 0.3) is 0 Å². The summed E-state index contributed by atoms with van der Waals surface area (Å²) in [5, 5.41) is 10.4. The van der Waals surface area contributed by atoms with Gasteiger partial charge in [0.2, 0.25) is 0 Å². The number of rotatable bonds is 7. The summed E-state index contributed by atoms with van der Waals surface area (Å²) < 4.78 is 0. The Kier molecular flexibility index (Phi) is 6.82. The first kappa shape index (κ1) is 17.0. The van der Waals surface area contributed by atoms with Crippen LogP contribution in [0, 0.1) is 11.3 Å². The number of likely N-dealkylation sites (N-methyl/N-ethyl adjacent to an activating group) is 1. The predicted molar refractivity (Wildman–Crippen MR) is 83.4 cm³/mol. The Morgan fingerprint density at radius 3 is 2.37 bits per heavy atom. The van der Waals surface area contributed by atoms with Gasteiger partial charge >= 0.3 is 0 Å². The van der Waals surface area contributed by atoms with Crippen LogP contribution in [0.25, 0.3) is 0 Å². The molecule has 1 aliphatic rings. The van der Waals surface area contributed by atoms with Crippen LogP contribution in [0.4, 0.5) is 0 Å². The third-order valence-corrected chi connectivity index (χ3v) is 5.47. The summed E-state index contributed by atoms with van der Waals surface area (Å²) in [4.78, 5) is 2.52. The molecule has 1 N–H and O–H groups in total. The van der Waals surface area contributed by atoms with E-state index in [1.54, 1.807) is 0 Å². The van der Waals surface area contributed by atoms with Crippen molar-refractivity contribution in [3.05, 3.63) is 0 Å². The Labute approximate surface area is 120 Å². The second-order valence-corrected chi connectivity index (χ2v) is 6.97. The standard InChI is InChI=1S/C17H35NO/c1-6-9-12-18(8-3)15-13-14(10-11-16(15)19)17(4,5)7-2/h14-16,19H,6-13H2,1-5H3. The molecular formula is C17H35NO. The Morgan fingerprint density at radius 2 is 1.84 bits per heavy atom. The van der Waals surface area contributed by atoms with Crippen molar-refractivity contribution in [1.29, 1.82) is 0 Å². The van der Waals surface area contributed by atoms with Crippen LogP contribution in [0.1, 0.15) is 73.1 Å². The van der Waals surface area contributed by atoms with Crippen LogP contribution in [0.5, 0.6) is 0 Å². The van der Waals surface area contributed by atoms with Crippen LogP contribution in [-0.4, -0.2) is 35.2 Å². The smallest absolute Gasteiger partial charge is 0.0695 e. The summed E-state index contributed by atoms with van der Waals surface area (Å²) in [6.45, 7) is 13.8. The summed E-state index contributed by atoms with van der Waals surface area (Å²) in [6.07, 6.45) is 6.98. The molecule has 0 aliphatic heterocycles. The van der Waals surface area contributed by atoms with Crippen LogP contribution in [0.15, 0.2) is 0 Å². The number of hydrogen-bond donors (Lipinski definition) is 1. The first-order valence-electron chi connectivity index (χ1n) is 8.38. The van der Waals surface area contributed by atoms with Crippen molar-refractivity contribution in [3.63, 3.8) is 0 Å². The van der Waals surface area contributed by atoms with Gasteiger partial charge in [-0.3, -0.25) is 4.90 Å². The average molecular weight is 269 g/mol. The fourth-order valence-corrected chi connectivity index (χ4v) is 3.44. The number of hydrogen-bond acceptors (Lipinski definition) is 2. The second kappa shape index (κ2) is 7.64. The van der Waals surface area contributed by atoms with Gasteiger partial charge in [-0.2, -0.15) is 0 Å². The van der Waals surface area contributed by atoms with Crippen molar-refractivity contribution in [2.24, 2.45) is 11.3 Å². The minimum atomic E-state index is -0.110. The van der Waals surface area contributed by atoms with Crippen molar-refractivity contribution in [2.45, 2.75) is 85.3 Å². The number of aliphatic hydroxyl groups is 1. The van der Waals surface area contributed by atoms with E-state index in [0.717, 1.165) is 25.4 Å². The molecule has 1 fully saturated rings. The highest BCUT2D eigenvalue weighted by atomic mass is 16.3. The molecule has 19 heavy (non-hydrogen) atoms. The molecular weight excluding hydrogens is 234 g/mol. The van der Waals surface area contributed by atoms with Gasteiger partial charge in [-0.1, -0.05) is 47.5 Å². The van der Waals surface area contributed by atoms with E-state index in [1.165, 1.54) is 32.1 Å². The summed E-state index contributed by atoms with van der Waals surface area (Å²) in [6, 6.07) is 0.390. The molecule has 0 saturated heterocycles. The topological polar surface area (TPSA) is 23.5 Å². The summed E-state index contributed by atoms with van der Waals surface area (Å²) in [5.41, 5.74) is 0.419. The van der Waals surface area contributed by atoms with E-state index >= 15 is 0 Å². The lowest BCUT2D eigenvalue weighted by Crippen LogP contribution is -2.49. The second-order valence-electron chi connectivity index (χ2n) is 6.97. The van der Waals surface area contributed by atoms with E-state index in [2.05, 4.69) is 39.5 Å². The number of unbranched alkanes of at least 4 members (excludes halogenated alkanes) is 1. The van der Waals surface area contributed by atoms with Crippen molar-refractivity contribution in [3.8, 4) is 0 Å². The maximum atomic E-state index is 10.4. The SMILES string of the molecule is CCCCN(CC)C1CC(C(C)(C)CC)CCC1O. The largest absolute Gasteiger partial charge is 0.391 e. The highest BCUT2D eigenvalue weighted by molar-refractivity contribution is 4.91. The fourth-order valence-electron chi connectivity index (χ4n) is 3.44. The van der Waals surface area contributed by atoms with Crippen molar-refractivity contribution in [2.75, 3.05) is 13.1 Å². The molecule has 0 amide bonds. The zero-order valence-corrected chi connectivity index (χ0v) is 13.8. The molecule has 3 atom stereocenters. The highest BCUT2D eigenvalue weighted by Crippen LogP contribution is 2.41. The van der Waals surface area contributed by atoms with Crippen molar-refractivity contribution < 1.29 is 5.11 Å². The maximum Gasteiger partial charge on any atom is 0.0695 e. The molecule has 0 bridgehead atoms. The van der Waals surface area contributed by atoms with Crippen LogP contribution >= 0.6 is 0 Å². The van der Waals surface area contributed by atoms with Crippen molar-refractivity contribution in [1.82, 2.24) is 4.90 Å². The van der Waals surface area contributed by atoms with E-state index in [0.29, 0.717) is 11.5 Å². The van der Waals surface area contributed by atoms with Gasteiger partial charge in [0.05, 0.1) is 6.10 Å². The van der Waals surface area contributed by atoms with E-state index in [1.807, 2.05) is 0 Å². The fraction of sp³-hybridized carbons (Fsp3) is 1.00. The van der Waals surface area contributed by atoms with Gasteiger partial charge in [-0.15, -0.1) is 0 Å². The Balaban J connectivity index is 2.68. The zero-order valence-electron chi connectivity index (χ0n) is 13.8. The molecule has 2 nitrogen and oxygen atoms in total. The van der Waals surface area contributed by atoms with Gasteiger partial charge in [-0.05, 0) is 50.1 Å². The van der Waals surface area contributed by atoms with E-state index in [9.17, 15) is 5.11 Å². The third-order valence-electron chi connectivity index (χ3n) is 5.47. The maximum absolute atomic E-state index is 10.4. The first-order valence-corrected chi connectivity index (χ1v) is 8.38. The van der Waals surface area contributed by atoms with E-state index < -0.39 is 0 Å². The Morgan fingerprint density at radius 1 is 1.16 bits per heavy atom. The predicted octanol–water partition coefficient (Wildman–Crippen LogP) is 4.07. The minimum absolute atomic E-state index is 0.110. The van der Waals surface area contributed by atoms with E-state index in [4.69, 9.17) is 0 Å². The lowest BCUT2D eigenvalue weighted by molar-refractivity contribution is -0.0196. The normalized spacial score (nSPS) is 28.9. The summed E-state index contributed by atoms with van der Waals surface area (Å²) in [7, 11) is 0. The van der Waals surface area contributed by atoms with Gasteiger partial charge < -0.3 is 5.11 Å². The van der Waals surface area contributed by atoms with Crippen molar-refractivity contribution >= 4 is 0 Å². The molecule has 0 aromatic carbocycles. The Bertz CT molecular complexity index is 252. The van der Waals surface area contributed by atoms with Gasteiger partial charge in [0.15, 0.2) is 0 Å². The molecule has 114 valence electrons. The van der Waals surface area contributed by atoms with Crippen LogP contribution in [0.2, 0.25) is 0 Å². The third kappa shape index (κ3) is 4.46. The van der Waals surface area contributed by atoms with Crippen LogP contribution in [0.3, 0.4) is 0 Å². The lowest BCUT2D eigenvalue weighted by atomic mass is 9.67. The molecule has 0 radical (unpaired) electrons. The Hall–Kier alpha value is -0.0800. The number of aliphatic hydroxyl groups excluding tert-OH is 1. The molecule has 3 unspecified atom stereocenters. The van der Waals surface area contributed by atoms with E-state index in [-0.39, 0.29) is 6.10 Å². The average Bonchev–Trinajstić information content (AvgIpc) is 2.41. The summed E-state index contributed by atoms with van der Waals surface area (Å²) in [5.74, 6) is 0.765. The lowest BCUT2D eigenvalue weighted by Gasteiger charge is -2.45. The van der Waals surface area contributed by atoms with Gasteiger partial charge in [-0.25, -0.2) is 0 Å². The molecule has 0 aromatic heterocycles. The summed E-state index contributed by atoms with van der Waals surface area (Å²) >= 11 is 0. The first-order chi connectivity index (χ1) is 8.96. The van der Waals surface area contributed by atoms with Crippen LogP contribution in [-0.2, 0) is 0 Å². The molecule has 0 heterocycles. The van der Waals surface area contributed by atoms with Crippen LogP contribution < -0.4 is 0 Å². The minimum Gasteiger partial charge on any atom is -0.391 e. The quantitative estimate of drug-likeness (QED) is 0.753. The van der Waals surface area contributed by atoms with Gasteiger partial charge in [0.1, 0.15) is 0 Å². The highest BCUT2D eigenvalue weighted by Gasteiger charge is 2.38. The zero-order chi connectivity index (χ0) is 14.5. The molecule has 1 aliphatic carbocycles. The number of nitrogens with zero attached hydrogens (tertiary/aromatic N) is 1. The molecule has 1 saturated carbocycles. The molecule has 1 rings (SSSR count). The monoisotopic (exact) mass is 269 g/mol. The molecule has 0 spiro atoms. The molecule has 0 aromatic rings. The van der Waals surface area contributed by atoms with Gasteiger partial charge in [0, 0.05) is 6.04 Å².